The van der Waals surface area contributed by atoms with Crippen LogP contribution in [0.3, 0.4) is 0 Å². The molecule has 8 rings (SSSR count). The standard InChI is InChI=1S/C40H28N2/c1-25-11-15-29(16-12-25)39-35(23-33-31-9-5-3-7-27(31)19-21-37(33)41-39)36-24-34-32-10-6-4-8-28(32)20-22-38(34)42-40(36)30-17-13-26(2)14-18-30/h3-24H,1-2H3. The molecule has 8 aromatic rings. The highest BCUT2D eigenvalue weighted by Gasteiger charge is 2.19. The Morgan fingerprint density at radius 2 is 0.786 bits per heavy atom. The minimum atomic E-state index is 0.965. The van der Waals surface area contributed by atoms with E-state index in [2.05, 4.69) is 147 Å². The molecule has 0 fully saturated rings. The molecule has 0 N–H and O–H groups in total. The topological polar surface area (TPSA) is 25.8 Å². The molecule has 0 aliphatic carbocycles. The predicted octanol–water partition coefficient (Wildman–Crippen LogP) is 10.7. The van der Waals surface area contributed by atoms with Crippen molar-refractivity contribution in [3.63, 3.8) is 0 Å². The summed E-state index contributed by atoms with van der Waals surface area (Å²) in [5.41, 5.74) is 10.7. The van der Waals surface area contributed by atoms with Gasteiger partial charge >= 0.3 is 0 Å². The lowest BCUT2D eigenvalue weighted by atomic mass is 9.91. The monoisotopic (exact) mass is 536 g/mol. The Morgan fingerprint density at radius 3 is 1.21 bits per heavy atom. The third-order valence-electron chi connectivity index (χ3n) is 8.39. The zero-order chi connectivity index (χ0) is 28.2. The SMILES string of the molecule is Cc1ccc(-c2nc3ccc4ccccc4c3cc2-c2cc3c(ccc4ccccc43)nc2-c2ccc(C)cc2)cc1. The van der Waals surface area contributed by atoms with Gasteiger partial charge in [-0.2, -0.15) is 0 Å². The number of aromatic nitrogens is 2. The van der Waals surface area contributed by atoms with Gasteiger partial charge in [0.1, 0.15) is 0 Å². The first-order chi connectivity index (χ1) is 20.6. The quantitative estimate of drug-likeness (QED) is 0.210. The maximum atomic E-state index is 5.37. The van der Waals surface area contributed by atoms with Gasteiger partial charge in [-0.15, -0.1) is 0 Å². The molecular weight excluding hydrogens is 508 g/mol. The molecule has 0 saturated carbocycles. The van der Waals surface area contributed by atoms with Crippen LogP contribution in [0.2, 0.25) is 0 Å². The number of hydrogen-bond donors (Lipinski definition) is 0. The molecule has 198 valence electrons. The molecule has 2 nitrogen and oxygen atoms in total. The molecule has 0 saturated heterocycles. The van der Waals surface area contributed by atoms with Crippen LogP contribution in [0.25, 0.3) is 77.0 Å². The van der Waals surface area contributed by atoms with E-state index in [-0.39, 0.29) is 0 Å². The van der Waals surface area contributed by atoms with Gasteiger partial charge in [0.2, 0.25) is 0 Å². The second-order valence-electron chi connectivity index (χ2n) is 11.2. The van der Waals surface area contributed by atoms with Crippen LogP contribution in [-0.4, -0.2) is 9.97 Å². The van der Waals surface area contributed by atoms with Gasteiger partial charge in [-0.1, -0.05) is 120 Å². The third-order valence-corrected chi connectivity index (χ3v) is 8.39. The number of benzene rings is 6. The molecule has 2 aromatic heterocycles. The highest BCUT2D eigenvalue weighted by molar-refractivity contribution is 6.12. The Morgan fingerprint density at radius 1 is 0.381 bits per heavy atom. The van der Waals surface area contributed by atoms with E-state index in [4.69, 9.17) is 9.97 Å². The van der Waals surface area contributed by atoms with Crippen molar-refractivity contribution < 1.29 is 0 Å². The summed E-state index contributed by atoms with van der Waals surface area (Å²) in [6, 6.07) is 47.8. The lowest BCUT2D eigenvalue weighted by molar-refractivity contribution is 1.36. The van der Waals surface area contributed by atoms with Gasteiger partial charge in [-0.05, 0) is 59.7 Å². The lowest BCUT2D eigenvalue weighted by Crippen LogP contribution is -1.97. The van der Waals surface area contributed by atoms with E-state index in [1.807, 2.05) is 0 Å². The minimum Gasteiger partial charge on any atom is -0.247 e. The highest BCUT2D eigenvalue weighted by Crippen LogP contribution is 2.42. The fraction of sp³-hybridized carbons (Fsp3) is 0.0500. The summed E-state index contributed by atoms with van der Waals surface area (Å²) in [4.78, 5) is 10.7. The zero-order valence-electron chi connectivity index (χ0n) is 23.6. The van der Waals surface area contributed by atoms with Crippen LogP contribution >= 0.6 is 0 Å². The third kappa shape index (κ3) is 4.03. The number of nitrogens with zero attached hydrogens (tertiary/aromatic N) is 2. The van der Waals surface area contributed by atoms with Crippen LogP contribution in [0, 0.1) is 13.8 Å². The van der Waals surface area contributed by atoms with E-state index in [0.29, 0.717) is 0 Å². The second-order valence-corrected chi connectivity index (χ2v) is 11.2. The van der Waals surface area contributed by atoms with Crippen molar-refractivity contribution >= 4 is 43.4 Å². The Balaban J connectivity index is 1.53. The Labute approximate surface area is 244 Å². The van der Waals surface area contributed by atoms with Crippen LogP contribution in [0.15, 0.2) is 133 Å². The average Bonchev–Trinajstić information content (AvgIpc) is 3.04. The summed E-state index contributed by atoms with van der Waals surface area (Å²) < 4.78 is 0. The van der Waals surface area contributed by atoms with Gasteiger partial charge in [-0.25, -0.2) is 9.97 Å². The predicted molar refractivity (Wildman–Crippen MR) is 178 cm³/mol. The fourth-order valence-electron chi connectivity index (χ4n) is 6.13. The van der Waals surface area contributed by atoms with E-state index in [1.165, 1.54) is 32.7 Å². The summed E-state index contributed by atoms with van der Waals surface area (Å²) in [5, 5.41) is 7.12. The maximum absolute atomic E-state index is 5.37. The molecule has 0 spiro atoms. The summed E-state index contributed by atoms with van der Waals surface area (Å²) in [6.07, 6.45) is 0. The van der Waals surface area contributed by atoms with Crippen molar-refractivity contribution in [3.05, 3.63) is 145 Å². The average molecular weight is 537 g/mol. The number of aryl methyl sites for hydroxylation is 2. The van der Waals surface area contributed by atoms with Crippen molar-refractivity contribution in [1.29, 1.82) is 0 Å². The van der Waals surface area contributed by atoms with E-state index < -0.39 is 0 Å². The molecule has 0 atom stereocenters. The van der Waals surface area contributed by atoms with Crippen molar-refractivity contribution in [3.8, 4) is 33.6 Å². The van der Waals surface area contributed by atoms with Crippen molar-refractivity contribution in [1.82, 2.24) is 9.97 Å². The molecular formula is C40H28N2. The Hall–Kier alpha value is -5.34. The lowest BCUT2D eigenvalue weighted by Gasteiger charge is -2.17. The Bertz CT molecular complexity index is 2130. The minimum absolute atomic E-state index is 0.965. The molecule has 6 aromatic carbocycles. The van der Waals surface area contributed by atoms with E-state index in [0.717, 1.165) is 55.4 Å². The molecule has 0 amide bonds. The number of hydrogen-bond acceptors (Lipinski definition) is 2. The van der Waals surface area contributed by atoms with Gasteiger partial charge in [0.25, 0.3) is 0 Å². The first kappa shape index (κ1) is 24.5. The maximum Gasteiger partial charge on any atom is 0.0788 e. The van der Waals surface area contributed by atoms with Crippen LogP contribution in [0.4, 0.5) is 0 Å². The fourth-order valence-corrected chi connectivity index (χ4v) is 6.13. The molecule has 2 heteroatoms. The molecule has 0 unspecified atom stereocenters. The van der Waals surface area contributed by atoms with Crippen molar-refractivity contribution in [2.45, 2.75) is 13.8 Å². The molecule has 2 heterocycles. The normalized spacial score (nSPS) is 11.6. The number of fused-ring (bicyclic) bond motifs is 6. The summed E-state index contributed by atoms with van der Waals surface area (Å²) in [5.74, 6) is 0. The van der Waals surface area contributed by atoms with Crippen LogP contribution < -0.4 is 0 Å². The van der Waals surface area contributed by atoms with Crippen LogP contribution in [0.1, 0.15) is 11.1 Å². The molecule has 0 bridgehead atoms. The second kappa shape index (κ2) is 9.64. The van der Waals surface area contributed by atoms with Gasteiger partial charge < -0.3 is 0 Å². The van der Waals surface area contributed by atoms with Crippen molar-refractivity contribution in [2.24, 2.45) is 0 Å². The molecule has 0 aliphatic heterocycles. The van der Waals surface area contributed by atoms with Gasteiger partial charge in [0.05, 0.1) is 22.4 Å². The first-order valence-electron chi connectivity index (χ1n) is 14.4. The number of pyridine rings is 2. The largest absolute Gasteiger partial charge is 0.247 e. The van der Waals surface area contributed by atoms with Gasteiger partial charge in [0, 0.05) is 33.0 Å². The highest BCUT2D eigenvalue weighted by atomic mass is 14.7. The molecule has 42 heavy (non-hydrogen) atoms. The van der Waals surface area contributed by atoms with Gasteiger partial charge in [0.15, 0.2) is 0 Å². The zero-order valence-corrected chi connectivity index (χ0v) is 23.6. The Kier molecular flexibility index (Phi) is 5.61. The first-order valence-corrected chi connectivity index (χ1v) is 14.4. The number of rotatable bonds is 3. The molecule has 0 radical (unpaired) electrons. The summed E-state index contributed by atoms with van der Waals surface area (Å²) in [7, 11) is 0. The van der Waals surface area contributed by atoms with E-state index in [1.54, 1.807) is 0 Å². The van der Waals surface area contributed by atoms with E-state index >= 15 is 0 Å². The smallest absolute Gasteiger partial charge is 0.0788 e. The van der Waals surface area contributed by atoms with E-state index in [9.17, 15) is 0 Å². The van der Waals surface area contributed by atoms with Crippen molar-refractivity contribution in [2.75, 3.05) is 0 Å². The van der Waals surface area contributed by atoms with Gasteiger partial charge in [-0.3, -0.25) is 0 Å². The van der Waals surface area contributed by atoms with Crippen LogP contribution in [0.5, 0.6) is 0 Å². The summed E-state index contributed by atoms with van der Waals surface area (Å²) in [6.45, 7) is 4.25. The molecule has 0 aliphatic rings. The summed E-state index contributed by atoms with van der Waals surface area (Å²) >= 11 is 0. The van der Waals surface area contributed by atoms with Crippen LogP contribution in [-0.2, 0) is 0 Å².